The van der Waals surface area contributed by atoms with Crippen molar-refractivity contribution < 1.29 is 8.78 Å². The van der Waals surface area contributed by atoms with Gasteiger partial charge < -0.3 is 5.32 Å². The average molecular weight is 197 g/mol. The van der Waals surface area contributed by atoms with Gasteiger partial charge in [0, 0.05) is 6.04 Å². The summed E-state index contributed by atoms with van der Waals surface area (Å²) < 4.78 is 26.0. The van der Waals surface area contributed by atoms with Crippen LogP contribution in [-0.4, -0.2) is 6.04 Å². The van der Waals surface area contributed by atoms with E-state index in [9.17, 15) is 8.78 Å². The molecule has 1 nitrogen and oxygen atoms in total. The van der Waals surface area contributed by atoms with Gasteiger partial charge >= 0.3 is 0 Å². The van der Waals surface area contributed by atoms with Crippen molar-refractivity contribution in [3.8, 4) is 0 Å². The predicted molar refractivity (Wildman–Crippen MR) is 52.2 cm³/mol. The first-order valence-electron chi connectivity index (χ1n) is 4.87. The zero-order chi connectivity index (χ0) is 10.1. The standard InChI is InChI=1S/C11H13F2N/c1-7-5-8(6-7)14-10-4-2-3-9(12)11(10)13/h2-4,7-8,14H,5-6H2,1H3. The zero-order valence-electron chi connectivity index (χ0n) is 8.06. The van der Waals surface area contributed by atoms with Crippen molar-refractivity contribution in [2.45, 2.75) is 25.8 Å². The molecule has 0 atom stereocenters. The molecule has 1 N–H and O–H groups in total. The van der Waals surface area contributed by atoms with E-state index in [0.29, 0.717) is 12.0 Å². The Labute approximate surface area is 82.1 Å². The van der Waals surface area contributed by atoms with Crippen LogP contribution in [0.3, 0.4) is 0 Å². The van der Waals surface area contributed by atoms with Crippen molar-refractivity contribution in [2.24, 2.45) is 5.92 Å². The number of hydrogen-bond acceptors (Lipinski definition) is 1. The van der Waals surface area contributed by atoms with Gasteiger partial charge in [-0.1, -0.05) is 13.0 Å². The van der Waals surface area contributed by atoms with E-state index < -0.39 is 11.6 Å². The summed E-state index contributed by atoms with van der Waals surface area (Å²) in [6.45, 7) is 2.15. The van der Waals surface area contributed by atoms with Crippen molar-refractivity contribution in [3.05, 3.63) is 29.8 Å². The fraction of sp³-hybridized carbons (Fsp3) is 0.455. The Bertz CT molecular complexity index is 332. The van der Waals surface area contributed by atoms with E-state index in [0.717, 1.165) is 18.9 Å². The number of halogens is 2. The highest BCUT2D eigenvalue weighted by atomic mass is 19.2. The summed E-state index contributed by atoms with van der Waals surface area (Å²) in [4.78, 5) is 0. The third kappa shape index (κ3) is 1.72. The van der Waals surface area contributed by atoms with Gasteiger partial charge in [0.15, 0.2) is 11.6 Å². The summed E-state index contributed by atoms with van der Waals surface area (Å²) >= 11 is 0. The van der Waals surface area contributed by atoms with Crippen molar-refractivity contribution in [3.63, 3.8) is 0 Å². The minimum Gasteiger partial charge on any atom is -0.380 e. The molecule has 0 saturated heterocycles. The van der Waals surface area contributed by atoms with Gasteiger partial charge in [-0.2, -0.15) is 0 Å². The molecular weight excluding hydrogens is 184 g/mol. The molecular formula is C11H13F2N. The highest BCUT2D eigenvalue weighted by molar-refractivity contribution is 5.46. The Morgan fingerprint density at radius 1 is 1.29 bits per heavy atom. The summed E-state index contributed by atoms with van der Waals surface area (Å²) in [5.41, 5.74) is 0.280. The molecule has 14 heavy (non-hydrogen) atoms. The van der Waals surface area contributed by atoms with Gasteiger partial charge in [0.2, 0.25) is 0 Å². The van der Waals surface area contributed by atoms with Gasteiger partial charge in [-0.15, -0.1) is 0 Å². The third-order valence-corrected chi connectivity index (χ3v) is 2.68. The maximum Gasteiger partial charge on any atom is 0.181 e. The molecule has 0 aromatic heterocycles. The maximum atomic E-state index is 13.2. The minimum atomic E-state index is -0.789. The molecule has 1 saturated carbocycles. The fourth-order valence-electron chi connectivity index (χ4n) is 1.86. The van der Waals surface area contributed by atoms with E-state index in [1.807, 2.05) is 0 Å². The van der Waals surface area contributed by atoms with Crippen LogP contribution < -0.4 is 5.32 Å². The van der Waals surface area contributed by atoms with E-state index in [2.05, 4.69) is 12.2 Å². The van der Waals surface area contributed by atoms with E-state index in [1.165, 1.54) is 6.07 Å². The lowest BCUT2D eigenvalue weighted by molar-refractivity contribution is 0.308. The quantitative estimate of drug-likeness (QED) is 0.767. The predicted octanol–water partition coefficient (Wildman–Crippen LogP) is 3.18. The topological polar surface area (TPSA) is 12.0 Å². The molecule has 1 aliphatic rings. The van der Waals surface area contributed by atoms with Crippen LogP contribution in [0, 0.1) is 17.6 Å². The Balaban J connectivity index is 2.06. The SMILES string of the molecule is CC1CC(Nc2cccc(F)c2F)C1. The Morgan fingerprint density at radius 3 is 2.64 bits per heavy atom. The molecule has 1 aromatic carbocycles. The van der Waals surface area contributed by atoms with Crippen LogP contribution in [0.1, 0.15) is 19.8 Å². The third-order valence-electron chi connectivity index (χ3n) is 2.68. The van der Waals surface area contributed by atoms with Crippen molar-refractivity contribution in [2.75, 3.05) is 5.32 Å². The Hall–Kier alpha value is -1.12. The average Bonchev–Trinajstić information content (AvgIpc) is 2.10. The highest BCUT2D eigenvalue weighted by Gasteiger charge is 2.25. The second-order valence-electron chi connectivity index (χ2n) is 4.02. The van der Waals surface area contributed by atoms with E-state index in [1.54, 1.807) is 6.07 Å². The first-order valence-corrected chi connectivity index (χ1v) is 4.87. The van der Waals surface area contributed by atoms with Crippen LogP contribution in [0.5, 0.6) is 0 Å². The second kappa shape index (κ2) is 3.56. The summed E-state index contributed by atoms with van der Waals surface area (Å²) in [6, 6.07) is 4.52. The van der Waals surface area contributed by atoms with Crippen LogP contribution in [0.4, 0.5) is 14.5 Å². The van der Waals surface area contributed by atoms with Crippen LogP contribution in [-0.2, 0) is 0 Å². The molecule has 0 amide bonds. The van der Waals surface area contributed by atoms with Gasteiger partial charge in [-0.25, -0.2) is 8.78 Å². The van der Waals surface area contributed by atoms with Crippen LogP contribution >= 0.6 is 0 Å². The smallest absolute Gasteiger partial charge is 0.181 e. The molecule has 0 radical (unpaired) electrons. The molecule has 0 spiro atoms. The lowest BCUT2D eigenvalue weighted by Crippen LogP contribution is -2.34. The van der Waals surface area contributed by atoms with Gasteiger partial charge in [-0.3, -0.25) is 0 Å². The molecule has 0 bridgehead atoms. The lowest BCUT2D eigenvalue weighted by Gasteiger charge is -2.34. The van der Waals surface area contributed by atoms with Crippen molar-refractivity contribution >= 4 is 5.69 Å². The number of rotatable bonds is 2. The first kappa shape index (κ1) is 9.44. The summed E-state index contributed by atoms with van der Waals surface area (Å²) in [6.07, 6.45) is 2.08. The highest BCUT2D eigenvalue weighted by Crippen LogP contribution is 2.30. The molecule has 76 valence electrons. The summed E-state index contributed by atoms with van der Waals surface area (Å²) in [5.74, 6) is -0.862. The van der Waals surface area contributed by atoms with Crippen LogP contribution in [0.2, 0.25) is 0 Å². The number of nitrogens with one attached hydrogen (secondary N) is 1. The van der Waals surface area contributed by atoms with E-state index >= 15 is 0 Å². The van der Waals surface area contributed by atoms with E-state index in [4.69, 9.17) is 0 Å². The molecule has 0 heterocycles. The first-order chi connectivity index (χ1) is 6.66. The molecule has 3 heteroatoms. The monoisotopic (exact) mass is 197 g/mol. The maximum absolute atomic E-state index is 13.2. The number of anilines is 1. The van der Waals surface area contributed by atoms with Gasteiger partial charge in [0.05, 0.1) is 5.69 Å². The van der Waals surface area contributed by atoms with Gasteiger partial charge in [0.1, 0.15) is 0 Å². The second-order valence-corrected chi connectivity index (χ2v) is 4.02. The fourth-order valence-corrected chi connectivity index (χ4v) is 1.86. The molecule has 1 aromatic rings. The van der Waals surface area contributed by atoms with Crippen LogP contribution in [0.25, 0.3) is 0 Å². The molecule has 2 rings (SSSR count). The molecule has 0 unspecified atom stereocenters. The van der Waals surface area contributed by atoms with Crippen molar-refractivity contribution in [1.29, 1.82) is 0 Å². The summed E-state index contributed by atoms with van der Waals surface area (Å²) in [5, 5.41) is 3.00. The number of benzene rings is 1. The molecule has 1 fully saturated rings. The molecule has 1 aliphatic carbocycles. The van der Waals surface area contributed by atoms with Gasteiger partial charge in [-0.05, 0) is 30.9 Å². The summed E-state index contributed by atoms with van der Waals surface area (Å²) in [7, 11) is 0. The lowest BCUT2D eigenvalue weighted by atomic mass is 9.82. The molecule has 0 aliphatic heterocycles. The normalized spacial score (nSPS) is 25.6. The number of hydrogen-bond donors (Lipinski definition) is 1. The zero-order valence-corrected chi connectivity index (χ0v) is 8.06. The van der Waals surface area contributed by atoms with Crippen molar-refractivity contribution in [1.82, 2.24) is 0 Å². The Kier molecular flexibility index (Phi) is 2.40. The van der Waals surface area contributed by atoms with E-state index in [-0.39, 0.29) is 5.69 Å². The van der Waals surface area contributed by atoms with Gasteiger partial charge in [0.25, 0.3) is 0 Å². The Morgan fingerprint density at radius 2 is 2.00 bits per heavy atom. The van der Waals surface area contributed by atoms with Crippen LogP contribution in [0.15, 0.2) is 18.2 Å². The largest absolute Gasteiger partial charge is 0.380 e. The minimum absolute atomic E-state index is 0.280.